The van der Waals surface area contributed by atoms with Gasteiger partial charge in [0, 0.05) is 14.1 Å². The van der Waals surface area contributed by atoms with E-state index in [4.69, 9.17) is 5.73 Å². The van der Waals surface area contributed by atoms with Crippen LogP contribution in [0.2, 0.25) is 0 Å². The summed E-state index contributed by atoms with van der Waals surface area (Å²) in [5.74, 6) is 0.580. The van der Waals surface area contributed by atoms with Crippen LogP contribution in [0.5, 0.6) is 0 Å². The minimum Gasteiger partial charge on any atom is -0.327 e. The molecule has 1 aromatic carbocycles. The van der Waals surface area contributed by atoms with Gasteiger partial charge in [-0.15, -0.1) is 0 Å². The predicted molar refractivity (Wildman–Crippen MR) is 71.4 cm³/mol. The largest absolute Gasteiger partial charge is 0.327 e. The maximum Gasteiger partial charge on any atom is 0.0309 e. The summed E-state index contributed by atoms with van der Waals surface area (Å²) in [5.41, 5.74) is 7.49. The van der Waals surface area contributed by atoms with Gasteiger partial charge in [0.25, 0.3) is 0 Å². The first kappa shape index (κ1) is 10.9. The van der Waals surface area contributed by atoms with Crippen molar-refractivity contribution in [3.05, 3.63) is 31.8 Å². The van der Waals surface area contributed by atoms with Crippen molar-refractivity contribution in [2.24, 2.45) is 5.73 Å². The molecule has 0 bridgehead atoms. The van der Waals surface area contributed by atoms with Crippen LogP contribution in [-0.4, -0.2) is 6.04 Å². The van der Waals surface area contributed by atoms with Crippen LogP contribution in [0.1, 0.15) is 30.7 Å². The minimum absolute atomic E-state index is 0.368. The lowest BCUT2D eigenvalue weighted by Gasteiger charge is -2.16. The lowest BCUT2D eigenvalue weighted by molar-refractivity contribution is 0.613. The summed E-state index contributed by atoms with van der Waals surface area (Å²) in [6.07, 6.45) is 3.70. The Kier molecular flexibility index (Phi) is 3.50. The molecule has 1 nitrogen and oxygen atoms in total. The number of hydrogen-bond acceptors (Lipinski definition) is 1. The number of halogens is 2. The molecule has 1 aliphatic carbocycles. The molecular formula is C11H13BrIN. The predicted octanol–water partition coefficient (Wildman–Crippen LogP) is 3.65. The van der Waals surface area contributed by atoms with Gasteiger partial charge in [0.1, 0.15) is 0 Å². The average molecular weight is 366 g/mol. The van der Waals surface area contributed by atoms with Crippen molar-refractivity contribution in [2.75, 3.05) is 0 Å². The van der Waals surface area contributed by atoms with Crippen LogP contribution in [0.25, 0.3) is 0 Å². The first-order chi connectivity index (χ1) is 6.68. The zero-order chi connectivity index (χ0) is 10.1. The monoisotopic (exact) mass is 365 g/mol. The van der Waals surface area contributed by atoms with E-state index in [0.29, 0.717) is 12.0 Å². The molecule has 0 radical (unpaired) electrons. The summed E-state index contributed by atoms with van der Waals surface area (Å²) >= 11 is 5.87. The molecule has 0 spiro atoms. The number of benzene rings is 1. The van der Waals surface area contributed by atoms with Gasteiger partial charge in [0.05, 0.1) is 0 Å². The van der Waals surface area contributed by atoms with E-state index in [1.807, 2.05) is 0 Å². The molecule has 0 heterocycles. The van der Waals surface area contributed by atoms with E-state index in [1.165, 1.54) is 32.9 Å². The molecule has 2 N–H and O–H groups in total. The second kappa shape index (κ2) is 4.49. The van der Waals surface area contributed by atoms with Gasteiger partial charge in [-0.1, -0.05) is 12.5 Å². The van der Waals surface area contributed by atoms with Crippen molar-refractivity contribution in [2.45, 2.75) is 31.2 Å². The van der Waals surface area contributed by atoms with Crippen LogP contribution in [0.3, 0.4) is 0 Å². The van der Waals surface area contributed by atoms with Crippen molar-refractivity contribution in [1.29, 1.82) is 0 Å². The van der Waals surface area contributed by atoms with Crippen molar-refractivity contribution in [3.63, 3.8) is 0 Å². The maximum atomic E-state index is 6.08. The zero-order valence-electron chi connectivity index (χ0n) is 7.84. The third-order valence-electron chi connectivity index (χ3n) is 2.94. The topological polar surface area (TPSA) is 26.0 Å². The van der Waals surface area contributed by atoms with Crippen molar-refractivity contribution in [1.82, 2.24) is 0 Å². The molecule has 0 aliphatic heterocycles. The molecule has 1 saturated carbocycles. The van der Waals surface area contributed by atoms with Gasteiger partial charge in [-0.3, -0.25) is 0 Å². The van der Waals surface area contributed by atoms with Crippen LogP contribution in [-0.2, 0) is 0 Å². The molecule has 76 valence electrons. The molecule has 2 atom stereocenters. The second-order valence-corrected chi connectivity index (χ2v) is 5.89. The molecule has 0 amide bonds. The van der Waals surface area contributed by atoms with Gasteiger partial charge in [0.2, 0.25) is 0 Å². The summed E-state index contributed by atoms with van der Waals surface area (Å²) < 4.78 is 2.45. The van der Waals surface area contributed by atoms with Crippen molar-refractivity contribution in [3.8, 4) is 0 Å². The molecule has 0 saturated heterocycles. The molecule has 2 rings (SSSR count). The van der Waals surface area contributed by atoms with Gasteiger partial charge in [0.15, 0.2) is 0 Å². The van der Waals surface area contributed by atoms with Gasteiger partial charge >= 0.3 is 0 Å². The Labute approximate surface area is 107 Å². The lowest BCUT2D eigenvalue weighted by Crippen LogP contribution is -2.22. The van der Waals surface area contributed by atoms with Crippen LogP contribution in [0, 0.1) is 3.57 Å². The van der Waals surface area contributed by atoms with Crippen LogP contribution < -0.4 is 5.73 Å². The number of nitrogens with two attached hydrogens (primary N) is 1. The van der Waals surface area contributed by atoms with Crippen molar-refractivity contribution < 1.29 is 0 Å². The van der Waals surface area contributed by atoms with E-state index >= 15 is 0 Å². The van der Waals surface area contributed by atoms with Gasteiger partial charge in [-0.05, 0) is 75.0 Å². The Morgan fingerprint density at radius 1 is 1.36 bits per heavy atom. The molecule has 14 heavy (non-hydrogen) atoms. The van der Waals surface area contributed by atoms with E-state index < -0.39 is 0 Å². The van der Waals surface area contributed by atoms with E-state index in [9.17, 15) is 0 Å². The molecule has 1 aromatic rings. The highest BCUT2D eigenvalue weighted by Gasteiger charge is 2.25. The summed E-state index contributed by atoms with van der Waals surface area (Å²) in [6, 6.07) is 6.94. The highest BCUT2D eigenvalue weighted by Crippen LogP contribution is 2.35. The van der Waals surface area contributed by atoms with Gasteiger partial charge < -0.3 is 5.73 Å². The Morgan fingerprint density at radius 3 is 2.71 bits per heavy atom. The van der Waals surface area contributed by atoms with Crippen molar-refractivity contribution >= 4 is 38.5 Å². The number of rotatable bonds is 1. The SMILES string of the molecule is NC1CCCC1c1ccc(Br)c(I)c1. The smallest absolute Gasteiger partial charge is 0.0309 e. The standard InChI is InChI=1S/C11H13BrIN/c12-9-5-4-7(6-10(9)13)8-2-1-3-11(8)14/h4-6,8,11H,1-3,14H2. The Morgan fingerprint density at radius 2 is 2.14 bits per heavy atom. The Bertz CT molecular complexity index is 340. The van der Waals surface area contributed by atoms with E-state index in [2.05, 4.69) is 56.7 Å². The fraction of sp³-hybridized carbons (Fsp3) is 0.455. The van der Waals surface area contributed by atoms with E-state index in [0.717, 1.165) is 0 Å². The summed E-state index contributed by atoms with van der Waals surface area (Å²) in [6.45, 7) is 0. The third kappa shape index (κ3) is 2.14. The first-order valence-corrected chi connectivity index (χ1v) is 6.76. The fourth-order valence-electron chi connectivity index (χ4n) is 2.15. The molecular weight excluding hydrogens is 353 g/mol. The summed E-state index contributed by atoms with van der Waals surface area (Å²) in [7, 11) is 0. The molecule has 1 aliphatic rings. The third-order valence-corrected chi connectivity index (χ3v) is 5.27. The molecule has 0 aromatic heterocycles. The molecule has 3 heteroatoms. The Balaban J connectivity index is 2.28. The first-order valence-electron chi connectivity index (χ1n) is 4.89. The number of hydrogen-bond donors (Lipinski definition) is 1. The summed E-state index contributed by atoms with van der Waals surface area (Å²) in [5, 5.41) is 0. The fourth-order valence-corrected chi connectivity index (χ4v) is 2.93. The van der Waals surface area contributed by atoms with Crippen LogP contribution in [0.4, 0.5) is 0 Å². The Hall–Kier alpha value is 0.390. The summed E-state index contributed by atoms with van der Waals surface area (Å²) in [4.78, 5) is 0. The second-order valence-electron chi connectivity index (χ2n) is 3.87. The zero-order valence-corrected chi connectivity index (χ0v) is 11.6. The lowest BCUT2D eigenvalue weighted by atomic mass is 9.95. The highest BCUT2D eigenvalue weighted by molar-refractivity contribution is 14.1. The van der Waals surface area contributed by atoms with Gasteiger partial charge in [-0.25, -0.2) is 0 Å². The minimum atomic E-state index is 0.368. The van der Waals surface area contributed by atoms with E-state index in [-0.39, 0.29) is 0 Å². The molecule has 2 unspecified atom stereocenters. The average Bonchev–Trinajstić information content (AvgIpc) is 2.57. The quantitative estimate of drug-likeness (QED) is 0.755. The van der Waals surface area contributed by atoms with Crippen LogP contribution >= 0.6 is 38.5 Å². The maximum absolute atomic E-state index is 6.08. The van der Waals surface area contributed by atoms with Crippen LogP contribution in [0.15, 0.2) is 22.7 Å². The highest BCUT2D eigenvalue weighted by atomic mass is 127. The van der Waals surface area contributed by atoms with Gasteiger partial charge in [-0.2, -0.15) is 0 Å². The normalized spacial score (nSPS) is 26.8. The molecule has 1 fully saturated rings. The van der Waals surface area contributed by atoms with E-state index in [1.54, 1.807) is 0 Å².